The summed E-state index contributed by atoms with van der Waals surface area (Å²) in [7, 11) is 3.55. The average molecular weight is 370 g/mol. The molecule has 1 saturated heterocycles. The van der Waals surface area contributed by atoms with Crippen LogP contribution in [0.1, 0.15) is 30.4 Å². The summed E-state index contributed by atoms with van der Waals surface area (Å²) < 4.78 is 0. The quantitative estimate of drug-likeness (QED) is 0.560. The monoisotopic (exact) mass is 369 g/mol. The maximum Gasteiger partial charge on any atom is 0.220 e. The molecule has 6 nitrogen and oxygen atoms in total. The first-order valence-electron chi connectivity index (χ1n) is 9.83. The molecule has 1 fully saturated rings. The van der Waals surface area contributed by atoms with Gasteiger partial charge in [0.2, 0.25) is 5.91 Å². The molecule has 0 spiro atoms. The van der Waals surface area contributed by atoms with Crippen molar-refractivity contribution in [3.63, 3.8) is 0 Å². The van der Waals surface area contributed by atoms with Crippen molar-refractivity contribution in [1.82, 2.24) is 20.5 Å². The minimum atomic E-state index is 0.143. The molecular weight excluding hydrogens is 338 g/mol. The van der Waals surface area contributed by atoms with E-state index in [4.69, 9.17) is 0 Å². The van der Waals surface area contributed by atoms with Crippen molar-refractivity contribution < 1.29 is 4.79 Å². The Morgan fingerprint density at radius 1 is 1.33 bits per heavy atom. The number of aromatic nitrogens is 1. The number of carbonyl (C=O) groups excluding carboxylic acids is 1. The summed E-state index contributed by atoms with van der Waals surface area (Å²) in [5, 5.41) is 7.52. The van der Waals surface area contributed by atoms with Gasteiger partial charge < -0.3 is 20.5 Å². The number of benzene rings is 1. The van der Waals surface area contributed by atoms with E-state index in [2.05, 4.69) is 56.8 Å². The lowest BCUT2D eigenvalue weighted by Crippen LogP contribution is -2.46. The van der Waals surface area contributed by atoms with E-state index in [1.165, 1.54) is 22.0 Å². The number of guanidine groups is 1. The van der Waals surface area contributed by atoms with E-state index in [1.807, 2.05) is 7.05 Å². The molecule has 0 atom stereocenters. The second-order valence-corrected chi connectivity index (χ2v) is 7.39. The lowest BCUT2D eigenvalue weighted by atomic mass is 9.93. The molecule has 1 aromatic heterocycles. The van der Waals surface area contributed by atoms with Gasteiger partial charge >= 0.3 is 0 Å². The van der Waals surface area contributed by atoms with E-state index in [0.29, 0.717) is 12.3 Å². The summed E-state index contributed by atoms with van der Waals surface area (Å²) in [5.41, 5.74) is 3.80. The first-order valence-corrected chi connectivity index (χ1v) is 9.83. The van der Waals surface area contributed by atoms with Crippen LogP contribution in [0.4, 0.5) is 0 Å². The molecule has 0 saturated carbocycles. The Morgan fingerprint density at radius 3 is 2.81 bits per heavy atom. The highest BCUT2D eigenvalue weighted by Crippen LogP contribution is 2.21. The third-order valence-electron chi connectivity index (χ3n) is 5.48. The largest absolute Gasteiger partial charge is 0.361 e. The van der Waals surface area contributed by atoms with Crippen LogP contribution in [-0.4, -0.2) is 55.5 Å². The van der Waals surface area contributed by atoms with E-state index < -0.39 is 0 Å². The molecule has 0 bridgehead atoms. The lowest BCUT2D eigenvalue weighted by Gasteiger charge is -2.34. The van der Waals surface area contributed by atoms with Crippen LogP contribution in [0, 0.1) is 12.8 Å². The van der Waals surface area contributed by atoms with E-state index in [9.17, 15) is 4.79 Å². The molecule has 3 N–H and O–H groups in total. The topological polar surface area (TPSA) is 72.5 Å². The van der Waals surface area contributed by atoms with Gasteiger partial charge in [-0.25, -0.2) is 0 Å². The van der Waals surface area contributed by atoms with Crippen molar-refractivity contribution in [1.29, 1.82) is 0 Å². The standard InChI is InChI=1S/C21H31N5O/c1-15-4-5-18-17(14-25-19(18)12-15)6-9-24-21(23-3)26-10-7-16(8-11-26)13-20(27)22-2/h4-5,12,14,16,25H,6-11,13H2,1-3H3,(H,22,27)(H,23,24). The molecule has 1 amide bonds. The molecule has 0 aliphatic carbocycles. The van der Waals surface area contributed by atoms with Crippen molar-refractivity contribution in [2.45, 2.75) is 32.6 Å². The number of rotatable bonds is 5. The number of piperidine rings is 1. The number of hydrogen-bond donors (Lipinski definition) is 3. The molecule has 1 aromatic carbocycles. The summed E-state index contributed by atoms with van der Waals surface area (Å²) in [6.07, 6.45) is 5.77. The lowest BCUT2D eigenvalue weighted by molar-refractivity contribution is -0.121. The number of likely N-dealkylation sites (tertiary alicyclic amines) is 1. The number of fused-ring (bicyclic) bond motifs is 1. The van der Waals surface area contributed by atoms with E-state index >= 15 is 0 Å². The molecule has 146 valence electrons. The summed E-state index contributed by atoms with van der Waals surface area (Å²) >= 11 is 0. The predicted octanol–water partition coefficient (Wildman–Crippen LogP) is 2.44. The van der Waals surface area contributed by atoms with Gasteiger partial charge in [0.25, 0.3) is 0 Å². The van der Waals surface area contributed by atoms with Crippen molar-refractivity contribution in [3.8, 4) is 0 Å². The summed E-state index contributed by atoms with van der Waals surface area (Å²) in [6, 6.07) is 6.55. The van der Waals surface area contributed by atoms with Gasteiger partial charge in [0.05, 0.1) is 0 Å². The highest BCUT2D eigenvalue weighted by molar-refractivity contribution is 5.84. The summed E-state index contributed by atoms with van der Waals surface area (Å²) in [5.74, 6) is 1.59. The minimum Gasteiger partial charge on any atom is -0.361 e. The Balaban J connectivity index is 1.49. The molecular formula is C21H31N5O. The van der Waals surface area contributed by atoms with Gasteiger partial charge in [0, 0.05) is 57.3 Å². The highest BCUT2D eigenvalue weighted by atomic mass is 16.1. The van der Waals surface area contributed by atoms with Crippen LogP contribution in [-0.2, 0) is 11.2 Å². The Bertz CT molecular complexity index is 802. The molecule has 6 heteroatoms. The first kappa shape index (κ1) is 19.3. The third kappa shape index (κ3) is 4.81. The molecule has 0 radical (unpaired) electrons. The number of H-pyrrole nitrogens is 1. The number of nitrogens with zero attached hydrogens (tertiary/aromatic N) is 2. The van der Waals surface area contributed by atoms with E-state index in [0.717, 1.165) is 44.9 Å². The van der Waals surface area contributed by atoms with Gasteiger partial charge in [-0.1, -0.05) is 12.1 Å². The fourth-order valence-electron chi connectivity index (χ4n) is 3.86. The number of hydrogen-bond acceptors (Lipinski definition) is 2. The Labute approximate surface area is 161 Å². The minimum absolute atomic E-state index is 0.143. The SMILES string of the molecule is CN=C(NCCc1c[nH]c2cc(C)ccc12)N1CCC(CC(=O)NC)CC1. The number of amides is 1. The fourth-order valence-corrected chi connectivity index (χ4v) is 3.86. The fraction of sp³-hybridized carbons (Fsp3) is 0.524. The van der Waals surface area contributed by atoms with E-state index in [-0.39, 0.29) is 5.91 Å². The molecule has 1 aliphatic rings. The van der Waals surface area contributed by atoms with Crippen LogP contribution < -0.4 is 10.6 Å². The van der Waals surface area contributed by atoms with Crippen LogP contribution in [0.15, 0.2) is 29.4 Å². The predicted molar refractivity (Wildman–Crippen MR) is 111 cm³/mol. The Hall–Kier alpha value is -2.50. The number of nitrogens with one attached hydrogen (secondary N) is 3. The maximum atomic E-state index is 11.6. The van der Waals surface area contributed by atoms with Gasteiger partial charge in [-0.3, -0.25) is 9.79 Å². The smallest absolute Gasteiger partial charge is 0.220 e. The summed E-state index contributed by atoms with van der Waals surface area (Å²) in [6.45, 7) is 4.87. The molecule has 27 heavy (non-hydrogen) atoms. The van der Waals surface area contributed by atoms with Gasteiger partial charge in [0.1, 0.15) is 0 Å². The molecule has 2 aromatic rings. The Kier molecular flexibility index (Phi) is 6.37. The zero-order valence-electron chi connectivity index (χ0n) is 16.6. The number of aryl methyl sites for hydroxylation is 1. The molecule has 0 unspecified atom stereocenters. The highest BCUT2D eigenvalue weighted by Gasteiger charge is 2.22. The second-order valence-electron chi connectivity index (χ2n) is 7.39. The van der Waals surface area contributed by atoms with Gasteiger partial charge in [-0.05, 0) is 49.3 Å². The second kappa shape index (κ2) is 8.93. The van der Waals surface area contributed by atoms with Gasteiger partial charge in [-0.15, -0.1) is 0 Å². The number of aromatic amines is 1. The van der Waals surface area contributed by atoms with Crippen molar-refractivity contribution in [3.05, 3.63) is 35.5 Å². The van der Waals surface area contributed by atoms with Gasteiger partial charge in [0.15, 0.2) is 5.96 Å². The van der Waals surface area contributed by atoms with Crippen LogP contribution >= 0.6 is 0 Å². The van der Waals surface area contributed by atoms with Crippen LogP contribution in [0.3, 0.4) is 0 Å². The average Bonchev–Trinajstić information content (AvgIpc) is 3.08. The van der Waals surface area contributed by atoms with Crippen LogP contribution in [0.25, 0.3) is 10.9 Å². The zero-order chi connectivity index (χ0) is 19.2. The number of aliphatic imine (C=N–C) groups is 1. The van der Waals surface area contributed by atoms with Crippen molar-refractivity contribution in [2.75, 3.05) is 33.7 Å². The Morgan fingerprint density at radius 2 is 2.11 bits per heavy atom. The zero-order valence-corrected chi connectivity index (χ0v) is 16.6. The molecule has 3 rings (SSSR count). The number of carbonyl (C=O) groups is 1. The first-order chi connectivity index (χ1) is 13.1. The third-order valence-corrected chi connectivity index (χ3v) is 5.48. The van der Waals surface area contributed by atoms with Crippen LogP contribution in [0.5, 0.6) is 0 Å². The van der Waals surface area contributed by atoms with Crippen molar-refractivity contribution in [2.24, 2.45) is 10.9 Å². The molecule has 1 aliphatic heterocycles. The molecule has 2 heterocycles. The van der Waals surface area contributed by atoms with Gasteiger partial charge in [-0.2, -0.15) is 0 Å². The van der Waals surface area contributed by atoms with E-state index in [1.54, 1.807) is 7.05 Å². The van der Waals surface area contributed by atoms with Crippen molar-refractivity contribution >= 4 is 22.8 Å². The maximum absolute atomic E-state index is 11.6. The van der Waals surface area contributed by atoms with Crippen LogP contribution in [0.2, 0.25) is 0 Å². The summed E-state index contributed by atoms with van der Waals surface area (Å²) in [4.78, 5) is 21.7. The normalized spacial score (nSPS) is 16.0.